The number of piperazine rings is 1. The van der Waals surface area contributed by atoms with Crippen LogP contribution in [0.15, 0.2) is 45.9 Å². The van der Waals surface area contributed by atoms with Crippen molar-refractivity contribution in [3.05, 3.63) is 47.7 Å². The number of ether oxygens (including phenoxy) is 1. The Morgan fingerprint density at radius 2 is 1.64 bits per heavy atom. The van der Waals surface area contributed by atoms with Crippen molar-refractivity contribution in [3.8, 4) is 5.75 Å². The van der Waals surface area contributed by atoms with Crippen LogP contribution >= 0.6 is 0 Å². The second-order valence-electron chi connectivity index (χ2n) is 8.73. The number of alkyl halides is 3. The molecule has 1 amide bonds. The molecule has 1 saturated heterocycles. The van der Waals surface area contributed by atoms with Gasteiger partial charge in [-0.15, -0.1) is 13.2 Å². The van der Waals surface area contributed by atoms with E-state index >= 15 is 0 Å². The number of hydrogen-bond acceptors (Lipinski definition) is 6. The second-order valence-corrected chi connectivity index (χ2v) is 10.3. The number of rotatable bonds is 6. The summed E-state index contributed by atoms with van der Waals surface area (Å²) in [5, 5.41) is -0.322. The van der Waals surface area contributed by atoms with E-state index in [4.69, 9.17) is 4.42 Å². The van der Waals surface area contributed by atoms with Crippen LogP contribution in [0.25, 0.3) is 0 Å². The summed E-state index contributed by atoms with van der Waals surface area (Å²) >= 11 is 0. The number of halogens is 3. The number of amides is 1. The van der Waals surface area contributed by atoms with Gasteiger partial charge in [0.15, 0.2) is 5.76 Å². The van der Waals surface area contributed by atoms with Crippen molar-refractivity contribution >= 4 is 15.9 Å². The average molecular weight is 490 g/mol. The molecule has 0 bridgehead atoms. The summed E-state index contributed by atoms with van der Waals surface area (Å²) in [5.74, 6) is -0.738. The molecule has 1 aromatic carbocycles. The average Bonchev–Trinajstić information content (AvgIpc) is 3.18. The summed E-state index contributed by atoms with van der Waals surface area (Å²) < 4.78 is 73.2. The van der Waals surface area contributed by atoms with E-state index in [-0.39, 0.29) is 16.6 Å². The Morgan fingerprint density at radius 1 is 1.03 bits per heavy atom. The standard InChI is InChI=1S/C21H26F3N3O5S/c1-20(2,3)25-33(29,30)18-9-8-17(31-18)19(28)27-12-10-26(11-13-27)14-15-4-6-16(7-5-15)32-21(22,23)24/h4-9,25H,10-14H2,1-3H3. The molecule has 33 heavy (non-hydrogen) atoms. The first-order valence-electron chi connectivity index (χ1n) is 10.2. The Bertz CT molecular complexity index is 1070. The third-order valence-electron chi connectivity index (χ3n) is 4.72. The van der Waals surface area contributed by atoms with Crippen molar-refractivity contribution < 1.29 is 35.5 Å². The van der Waals surface area contributed by atoms with Crippen LogP contribution in [0.1, 0.15) is 36.9 Å². The highest BCUT2D eigenvalue weighted by molar-refractivity contribution is 7.89. The van der Waals surface area contributed by atoms with Gasteiger partial charge in [-0.3, -0.25) is 9.69 Å². The van der Waals surface area contributed by atoms with Gasteiger partial charge in [-0.05, 0) is 50.6 Å². The van der Waals surface area contributed by atoms with Gasteiger partial charge >= 0.3 is 6.36 Å². The maximum atomic E-state index is 12.7. The number of carbonyl (C=O) groups excluding carboxylic acids is 1. The van der Waals surface area contributed by atoms with E-state index in [1.54, 1.807) is 37.8 Å². The number of sulfonamides is 1. The fourth-order valence-electron chi connectivity index (χ4n) is 3.35. The number of carbonyl (C=O) groups is 1. The summed E-state index contributed by atoms with van der Waals surface area (Å²) in [6.07, 6.45) is -4.73. The lowest BCUT2D eigenvalue weighted by Crippen LogP contribution is -2.48. The van der Waals surface area contributed by atoms with Crippen LogP contribution in [0, 0.1) is 0 Å². The normalized spacial score (nSPS) is 16.1. The van der Waals surface area contributed by atoms with Gasteiger partial charge in [0.2, 0.25) is 5.09 Å². The zero-order chi connectivity index (χ0) is 24.4. The van der Waals surface area contributed by atoms with Gasteiger partial charge in [0.25, 0.3) is 15.9 Å². The van der Waals surface area contributed by atoms with Crippen LogP contribution in [0.2, 0.25) is 0 Å². The zero-order valence-corrected chi connectivity index (χ0v) is 19.3. The molecular formula is C21H26F3N3O5S. The lowest BCUT2D eigenvalue weighted by atomic mass is 10.1. The Kier molecular flexibility index (Phi) is 7.10. The minimum absolute atomic E-state index is 0.0574. The summed E-state index contributed by atoms with van der Waals surface area (Å²) in [5.41, 5.74) is 0.120. The number of furan rings is 1. The predicted octanol–water partition coefficient (Wildman–Crippen LogP) is 3.21. The SMILES string of the molecule is CC(C)(C)NS(=O)(=O)c1ccc(C(=O)N2CCN(Cc3ccc(OC(F)(F)F)cc3)CC2)o1. The van der Waals surface area contributed by atoms with E-state index in [2.05, 4.69) is 14.4 Å². The summed E-state index contributed by atoms with van der Waals surface area (Å²) in [4.78, 5) is 16.4. The second kappa shape index (κ2) is 9.35. The maximum Gasteiger partial charge on any atom is 0.573 e. The number of benzene rings is 1. The first kappa shape index (κ1) is 25.1. The monoisotopic (exact) mass is 489 g/mol. The van der Waals surface area contributed by atoms with E-state index in [1.165, 1.54) is 24.3 Å². The van der Waals surface area contributed by atoms with E-state index in [1.807, 2.05) is 0 Å². The zero-order valence-electron chi connectivity index (χ0n) is 18.5. The number of hydrogen-bond donors (Lipinski definition) is 1. The highest BCUT2D eigenvalue weighted by atomic mass is 32.2. The summed E-state index contributed by atoms with van der Waals surface area (Å²) in [6.45, 7) is 7.50. The van der Waals surface area contributed by atoms with Gasteiger partial charge in [-0.1, -0.05) is 12.1 Å². The maximum absolute atomic E-state index is 12.7. The van der Waals surface area contributed by atoms with Gasteiger partial charge in [0, 0.05) is 38.3 Å². The van der Waals surface area contributed by atoms with Gasteiger partial charge in [0.1, 0.15) is 5.75 Å². The number of nitrogens with one attached hydrogen (secondary N) is 1. The smallest absolute Gasteiger partial charge is 0.438 e. The number of nitrogens with zero attached hydrogens (tertiary/aromatic N) is 2. The predicted molar refractivity (Wildman–Crippen MR) is 113 cm³/mol. The lowest BCUT2D eigenvalue weighted by Gasteiger charge is -2.34. The van der Waals surface area contributed by atoms with Crippen molar-refractivity contribution in [1.29, 1.82) is 0 Å². The van der Waals surface area contributed by atoms with Crippen molar-refractivity contribution in [2.24, 2.45) is 0 Å². The molecule has 182 valence electrons. The quantitative estimate of drug-likeness (QED) is 0.670. The molecule has 0 unspecified atom stereocenters. The Balaban J connectivity index is 1.54. The Labute approximate surface area is 190 Å². The van der Waals surface area contributed by atoms with Gasteiger partial charge in [-0.2, -0.15) is 0 Å². The molecule has 3 rings (SSSR count). The molecule has 1 aromatic heterocycles. The third-order valence-corrected chi connectivity index (χ3v) is 6.35. The lowest BCUT2D eigenvalue weighted by molar-refractivity contribution is -0.274. The van der Waals surface area contributed by atoms with Crippen LogP contribution in [0.4, 0.5) is 13.2 Å². The van der Waals surface area contributed by atoms with Crippen LogP contribution in [-0.4, -0.2) is 62.2 Å². The van der Waals surface area contributed by atoms with Gasteiger partial charge < -0.3 is 14.1 Å². The molecule has 0 spiro atoms. The highest BCUT2D eigenvalue weighted by Gasteiger charge is 2.31. The van der Waals surface area contributed by atoms with Gasteiger partial charge in [0.05, 0.1) is 0 Å². The molecule has 8 nitrogen and oxygen atoms in total. The van der Waals surface area contributed by atoms with Crippen LogP contribution in [0.5, 0.6) is 5.75 Å². The Hall–Kier alpha value is -2.57. The van der Waals surface area contributed by atoms with Gasteiger partial charge in [-0.25, -0.2) is 13.1 Å². The molecule has 12 heteroatoms. The summed E-state index contributed by atoms with van der Waals surface area (Å²) in [6, 6.07) is 8.25. The van der Waals surface area contributed by atoms with Crippen LogP contribution < -0.4 is 9.46 Å². The minimum atomic E-state index is -4.73. The molecule has 2 heterocycles. The summed E-state index contributed by atoms with van der Waals surface area (Å²) in [7, 11) is -3.89. The molecular weight excluding hydrogens is 463 g/mol. The molecule has 1 aliphatic rings. The minimum Gasteiger partial charge on any atom is -0.438 e. The van der Waals surface area contributed by atoms with Crippen molar-refractivity contribution in [1.82, 2.24) is 14.5 Å². The molecule has 0 radical (unpaired) electrons. The molecule has 1 aliphatic heterocycles. The molecule has 1 fully saturated rings. The van der Waals surface area contributed by atoms with E-state index in [0.717, 1.165) is 5.56 Å². The van der Waals surface area contributed by atoms with Crippen molar-refractivity contribution in [3.63, 3.8) is 0 Å². The van der Waals surface area contributed by atoms with Crippen LogP contribution in [0.3, 0.4) is 0 Å². The van der Waals surface area contributed by atoms with E-state index in [0.29, 0.717) is 32.7 Å². The first-order valence-corrected chi connectivity index (χ1v) is 11.7. The topological polar surface area (TPSA) is 92.1 Å². The molecule has 2 aromatic rings. The molecule has 0 saturated carbocycles. The Morgan fingerprint density at radius 3 is 2.18 bits per heavy atom. The highest BCUT2D eigenvalue weighted by Crippen LogP contribution is 2.23. The largest absolute Gasteiger partial charge is 0.573 e. The van der Waals surface area contributed by atoms with Crippen molar-refractivity contribution in [2.75, 3.05) is 26.2 Å². The fourth-order valence-corrected chi connectivity index (χ4v) is 4.71. The van der Waals surface area contributed by atoms with Crippen LogP contribution in [-0.2, 0) is 16.6 Å². The van der Waals surface area contributed by atoms with Crippen molar-refractivity contribution in [2.45, 2.75) is 44.3 Å². The molecule has 1 N–H and O–H groups in total. The van der Waals surface area contributed by atoms with E-state index < -0.39 is 27.8 Å². The van der Waals surface area contributed by atoms with E-state index in [9.17, 15) is 26.4 Å². The first-order chi connectivity index (χ1) is 15.2. The fraction of sp³-hybridized carbons (Fsp3) is 0.476. The molecule has 0 aliphatic carbocycles. The molecule has 0 atom stereocenters. The third kappa shape index (κ3) is 7.21.